The number of benzene rings is 1. The van der Waals surface area contributed by atoms with Gasteiger partial charge in [0.05, 0.1) is 26.0 Å². The Kier molecular flexibility index (Phi) is 7.65. The highest BCUT2D eigenvalue weighted by molar-refractivity contribution is 5.94. The number of terminal acetylenes is 1. The zero-order chi connectivity index (χ0) is 19.4. The Morgan fingerprint density at radius 3 is 2.93 bits per heavy atom. The van der Waals surface area contributed by atoms with E-state index in [9.17, 15) is 0 Å². The van der Waals surface area contributed by atoms with Crippen LogP contribution in [0.5, 0.6) is 11.5 Å². The van der Waals surface area contributed by atoms with Crippen molar-refractivity contribution in [3.63, 3.8) is 0 Å². The molecule has 0 amide bonds. The zero-order valence-corrected chi connectivity index (χ0v) is 15.8. The molecule has 0 aliphatic carbocycles. The van der Waals surface area contributed by atoms with Crippen molar-refractivity contribution in [2.24, 2.45) is 4.99 Å². The number of furan rings is 1. The van der Waals surface area contributed by atoms with E-state index in [4.69, 9.17) is 25.1 Å². The summed E-state index contributed by atoms with van der Waals surface area (Å²) in [6.07, 6.45) is 8.65. The summed E-state index contributed by atoms with van der Waals surface area (Å²) in [6.45, 7) is 3.35. The van der Waals surface area contributed by atoms with Gasteiger partial charge in [-0.1, -0.05) is 5.92 Å². The van der Waals surface area contributed by atoms with Crippen molar-refractivity contribution in [1.82, 2.24) is 5.32 Å². The molecule has 0 spiro atoms. The lowest BCUT2D eigenvalue weighted by atomic mass is 10.3. The quantitative estimate of drug-likeness (QED) is 0.316. The van der Waals surface area contributed by atoms with Crippen LogP contribution in [-0.2, 0) is 11.3 Å². The molecule has 0 radical (unpaired) electrons. The minimum Gasteiger partial charge on any atom is -0.490 e. The Balaban J connectivity index is 1.50. The van der Waals surface area contributed by atoms with Gasteiger partial charge in [0.15, 0.2) is 17.5 Å². The molecule has 7 heteroatoms. The molecule has 2 heterocycles. The number of nitrogens with zero attached hydrogens (tertiary/aromatic N) is 1. The lowest BCUT2D eigenvalue weighted by molar-refractivity contribution is 0.105. The van der Waals surface area contributed by atoms with E-state index in [1.54, 1.807) is 6.26 Å². The number of nitrogens with one attached hydrogen (secondary N) is 2. The van der Waals surface area contributed by atoms with E-state index >= 15 is 0 Å². The summed E-state index contributed by atoms with van der Waals surface area (Å²) in [5.41, 5.74) is 0.849. The van der Waals surface area contributed by atoms with Gasteiger partial charge in [-0.2, -0.15) is 0 Å². The van der Waals surface area contributed by atoms with Crippen LogP contribution in [0.25, 0.3) is 0 Å². The Labute approximate surface area is 165 Å². The summed E-state index contributed by atoms with van der Waals surface area (Å²) < 4.78 is 22.2. The van der Waals surface area contributed by atoms with Gasteiger partial charge in [0.2, 0.25) is 0 Å². The molecule has 0 unspecified atom stereocenters. The Hall–Kier alpha value is -3.11. The van der Waals surface area contributed by atoms with Crippen LogP contribution in [-0.4, -0.2) is 38.9 Å². The van der Waals surface area contributed by atoms with Gasteiger partial charge in [0.1, 0.15) is 12.4 Å². The van der Waals surface area contributed by atoms with Gasteiger partial charge in [-0.05, 0) is 30.7 Å². The van der Waals surface area contributed by atoms with Crippen LogP contribution < -0.4 is 20.1 Å². The molecule has 1 aromatic carbocycles. The predicted molar refractivity (Wildman–Crippen MR) is 108 cm³/mol. The topological polar surface area (TPSA) is 77.3 Å². The van der Waals surface area contributed by atoms with Crippen LogP contribution in [0.3, 0.4) is 0 Å². The molecule has 148 valence electrons. The minimum absolute atomic E-state index is 0.380. The van der Waals surface area contributed by atoms with Crippen LogP contribution in [0, 0.1) is 12.3 Å². The molecule has 1 aliphatic heterocycles. The predicted octanol–water partition coefficient (Wildman–Crippen LogP) is 3.04. The first-order valence-corrected chi connectivity index (χ1v) is 9.34. The molecule has 0 saturated heterocycles. The molecule has 7 nitrogen and oxygen atoms in total. The van der Waals surface area contributed by atoms with Crippen LogP contribution in [0.2, 0.25) is 0 Å². The fourth-order valence-corrected chi connectivity index (χ4v) is 2.58. The number of anilines is 1. The molecule has 2 N–H and O–H groups in total. The second kappa shape index (κ2) is 10.9. The first kappa shape index (κ1) is 19.6. The van der Waals surface area contributed by atoms with Crippen molar-refractivity contribution in [2.75, 3.05) is 38.2 Å². The molecule has 2 aromatic rings. The smallest absolute Gasteiger partial charge is 0.196 e. The van der Waals surface area contributed by atoms with Gasteiger partial charge in [-0.3, -0.25) is 4.99 Å². The third kappa shape index (κ3) is 6.25. The first-order valence-electron chi connectivity index (χ1n) is 9.34. The second-order valence-electron chi connectivity index (χ2n) is 6.11. The largest absolute Gasteiger partial charge is 0.490 e. The van der Waals surface area contributed by atoms with Crippen molar-refractivity contribution >= 4 is 11.6 Å². The SMILES string of the molecule is C#CCNC(=NCCCOCc1ccco1)Nc1ccc2c(c1)OCCCO2. The van der Waals surface area contributed by atoms with E-state index in [1.807, 2.05) is 30.3 Å². The standard InChI is InChI=1S/C21H25N3O4/c1-2-9-22-21(23-10-4-11-25-16-18-6-3-12-26-18)24-17-7-8-19-20(15-17)28-14-5-13-27-19/h1,3,6-8,12,15H,4-5,9-11,13-14,16H2,(H2,22,23,24). The average Bonchev–Trinajstić information content (AvgIpc) is 3.12. The van der Waals surface area contributed by atoms with Gasteiger partial charge in [-0.15, -0.1) is 6.42 Å². The molecule has 0 bridgehead atoms. The maximum Gasteiger partial charge on any atom is 0.196 e. The summed E-state index contributed by atoms with van der Waals surface area (Å²) in [5, 5.41) is 6.35. The highest BCUT2D eigenvalue weighted by Crippen LogP contribution is 2.32. The van der Waals surface area contributed by atoms with Crippen LogP contribution in [0.1, 0.15) is 18.6 Å². The number of hydrogen-bond donors (Lipinski definition) is 2. The monoisotopic (exact) mass is 383 g/mol. The Morgan fingerprint density at radius 2 is 2.11 bits per heavy atom. The summed E-state index contributed by atoms with van der Waals surface area (Å²) in [7, 11) is 0. The minimum atomic E-state index is 0.380. The summed E-state index contributed by atoms with van der Waals surface area (Å²) in [5.74, 6) is 5.47. The van der Waals surface area contributed by atoms with E-state index in [1.165, 1.54) is 0 Å². The van der Waals surface area contributed by atoms with E-state index in [2.05, 4.69) is 21.5 Å². The van der Waals surface area contributed by atoms with Gasteiger partial charge < -0.3 is 29.3 Å². The Bertz CT molecular complexity index is 796. The molecule has 1 aliphatic rings. The fraction of sp³-hybridized carbons (Fsp3) is 0.381. The van der Waals surface area contributed by atoms with Gasteiger partial charge in [-0.25, -0.2) is 0 Å². The molecule has 3 rings (SSSR count). The van der Waals surface area contributed by atoms with E-state index in [0.717, 1.165) is 35.8 Å². The summed E-state index contributed by atoms with van der Waals surface area (Å²) in [6, 6.07) is 9.45. The molecule has 0 atom stereocenters. The van der Waals surface area contributed by atoms with E-state index in [-0.39, 0.29) is 0 Å². The maximum atomic E-state index is 5.73. The average molecular weight is 383 g/mol. The fourth-order valence-electron chi connectivity index (χ4n) is 2.58. The van der Waals surface area contributed by atoms with Crippen molar-refractivity contribution in [1.29, 1.82) is 0 Å². The zero-order valence-electron chi connectivity index (χ0n) is 15.8. The van der Waals surface area contributed by atoms with Crippen LogP contribution >= 0.6 is 0 Å². The third-order valence-corrected chi connectivity index (χ3v) is 3.91. The highest BCUT2D eigenvalue weighted by atomic mass is 16.5. The van der Waals surface area contributed by atoms with Crippen molar-refractivity contribution in [2.45, 2.75) is 19.4 Å². The molecule has 1 aromatic heterocycles. The molecule has 0 saturated carbocycles. The van der Waals surface area contributed by atoms with Gasteiger partial charge >= 0.3 is 0 Å². The first-order chi connectivity index (χ1) is 13.8. The number of ether oxygens (including phenoxy) is 3. The lowest BCUT2D eigenvalue weighted by Gasteiger charge is -2.13. The van der Waals surface area contributed by atoms with Crippen molar-refractivity contribution < 1.29 is 18.6 Å². The Morgan fingerprint density at radius 1 is 1.21 bits per heavy atom. The lowest BCUT2D eigenvalue weighted by Crippen LogP contribution is -2.31. The molecular weight excluding hydrogens is 358 g/mol. The normalized spacial score (nSPS) is 13.5. The number of hydrogen-bond acceptors (Lipinski definition) is 5. The van der Waals surface area contributed by atoms with Crippen molar-refractivity contribution in [3.8, 4) is 23.8 Å². The van der Waals surface area contributed by atoms with Gasteiger partial charge in [0, 0.05) is 31.3 Å². The number of rotatable bonds is 8. The maximum absolute atomic E-state index is 5.73. The van der Waals surface area contributed by atoms with E-state index < -0.39 is 0 Å². The number of guanidine groups is 1. The van der Waals surface area contributed by atoms with Crippen molar-refractivity contribution in [3.05, 3.63) is 42.4 Å². The van der Waals surface area contributed by atoms with Crippen LogP contribution in [0.4, 0.5) is 5.69 Å². The van der Waals surface area contributed by atoms with Crippen LogP contribution in [0.15, 0.2) is 46.0 Å². The third-order valence-electron chi connectivity index (χ3n) is 3.91. The molecule has 28 heavy (non-hydrogen) atoms. The molecule has 0 fully saturated rings. The second-order valence-corrected chi connectivity index (χ2v) is 6.11. The highest BCUT2D eigenvalue weighted by Gasteiger charge is 2.11. The number of aliphatic imine (C=N–C) groups is 1. The summed E-state index contributed by atoms with van der Waals surface area (Å²) in [4.78, 5) is 4.55. The molecular formula is C21H25N3O4. The number of fused-ring (bicyclic) bond motifs is 1. The van der Waals surface area contributed by atoms with Gasteiger partial charge in [0.25, 0.3) is 0 Å². The summed E-state index contributed by atoms with van der Waals surface area (Å²) >= 11 is 0. The van der Waals surface area contributed by atoms with E-state index in [0.29, 0.717) is 45.5 Å².